The van der Waals surface area contributed by atoms with E-state index in [-0.39, 0.29) is 674 Å². The van der Waals surface area contributed by atoms with E-state index in [2.05, 4.69) is 0 Å². The molecule has 0 aromatic rings. The summed E-state index contributed by atoms with van der Waals surface area (Å²) in [5.41, 5.74) is 0. The van der Waals surface area contributed by atoms with E-state index in [0.29, 0.717) is 0 Å². The average molecular weight is 1490 g/mol. The molecular formula is H94Al24O47+72. The normalized spacial score (nSPS) is 0. The summed E-state index contributed by atoms with van der Waals surface area (Å²) in [6.45, 7) is 0. The second-order valence-corrected chi connectivity index (χ2v) is 0. The first-order chi connectivity index (χ1) is 0. The van der Waals surface area contributed by atoms with Crippen LogP contribution in [-0.4, -0.2) is 674 Å². The van der Waals surface area contributed by atoms with Crippen molar-refractivity contribution >= 4 is 417 Å². The molecule has 0 radical (unpaired) electrons. The Hall–Kier alpha value is 10.9. The standard InChI is InChI=1S/24Al.47H2O/h;;;;;;;;;;;;;;;;;;;;;;;;47*1H2/q24*+3;;;;;;;;;;;;;;;;;;;;;;;;;;;;;;;;;;;;;;;;;;;;;;;. The van der Waals surface area contributed by atoms with Gasteiger partial charge in [-0.3, -0.25) is 0 Å². The fraction of sp³-hybridized carbons (Fsp3) is 0. The van der Waals surface area contributed by atoms with Crippen LogP contribution in [0.4, 0.5) is 0 Å². The molecular weight excluding hydrogens is 1400 g/mol. The van der Waals surface area contributed by atoms with E-state index in [1.54, 1.807) is 0 Å². The molecule has 0 amide bonds. The van der Waals surface area contributed by atoms with Gasteiger partial charge in [-0.2, -0.15) is 0 Å². The van der Waals surface area contributed by atoms with Crippen molar-refractivity contribution in [1.82, 2.24) is 0 Å². The molecule has 0 saturated heterocycles. The molecule has 0 atom stereocenters. The average Bonchev–Trinajstić information content (AvgIpc) is 0. The van der Waals surface area contributed by atoms with Gasteiger partial charge < -0.3 is 257 Å². The van der Waals surface area contributed by atoms with Gasteiger partial charge in [0.25, 0.3) is 0 Å². The van der Waals surface area contributed by atoms with E-state index in [4.69, 9.17) is 0 Å². The Morgan fingerprint density at radius 3 is 0.0282 bits per heavy atom. The van der Waals surface area contributed by atoms with Crippen LogP contribution >= 0.6 is 0 Å². The van der Waals surface area contributed by atoms with E-state index >= 15 is 0 Å². The first-order valence-electron chi connectivity index (χ1n) is 0. The van der Waals surface area contributed by atoms with Crippen molar-refractivity contribution in [3.05, 3.63) is 0 Å². The van der Waals surface area contributed by atoms with E-state index in [1.807, 2.05) is 0 Å². The molecule has 0 unspecified atom stereocenters. The van der Waals surface area contributed by atoms with Gasteiger partial charge in [-0.25, -0.2) is 0 Å². The minimum absolute atomic E-state index is 0. The Morgan fingerprint density at radius 1 is 0.0282 bits per heavy atom. The fourth-order valence-corrected chi connectivity index (χ4v) is 0. The van der Waals surface area contributed by atoms with Crippen LogP contribution in [0.2, 0.25) is 0 Å². The summed E-state index contributed by atoms with van der Waals surface area (Å²) >= 11 is 0. The van der Waals surface area contributed by atoms with Crippen molar-refractivity contribution < 1.29 is 257 Å². The fourth-order valence-electron chi connectivity index (χ4n) is 0. The van der Waals surface area contributed by atoms with Crippen molar-refractivity contribution in [2.24, 2.45) is 0 Å². The largest absolute Gasteiger partial charge is 3.00 e. The third-order valence-corrected chi connectivity index (χ3v) is 0. The molecule has 0 aromatic heterocycles. The van der Waals surface area contributed by atoms with Crippen molar-refractivity contribution in [3.8, 4) is 0 Å². The molecule has 376 valence electrons. The Kier molecular flexibility index (Phi) is 276000. The van der Waals surface area contributed by atoms with Gasteiger partial charge in [0.15, 0.2) is 0 Å². The summed E-state index contributed by atoms with van der Waals surface area (Å²) in [6, 6.07) is 0. The molecule has 0 rings (SSSR count). The van der Waals surface area contributed by atoms with E-state index in [9.17, 15) is 0 Å². The zero-order valence-electron chi connectivity index (χ0n) is 37.4. The van der Waals surface area contributed by atoms with E-state index in [0.717, 1.165) is 0 Å². The van der Waals surface area contributed by atoms with E-state index in [1.165, 1.54) is 0 Å². The van der Waals surface area contributed by atoms with Crippen molar-refractivity contribution in [2.75, 3.05) is 0 Å². The van der Waals surface area contributed by atoms with Gasteiger partial charge in [0.05, 0.1) is 0 Å². The second-order valence-electron chi connectivity index (χ2n) is 0. The minimum atomic E-state index is 0. The Balaban J connectivity index is 0. The SMILES string of the molecule is O.O.O.O.O.O.O.O.O.O.O.O.O.O.O.O.O.O.O.O.O.O.O.O.O.O.O.O.O.O.O.O.O.O.O.O.O.O.O.O.O.O.O.O.O.O.O.[Al+3].[Al+3].[Al+3].[Al+3].[Al+3].[Al+3].[Al+3].[Al+3].[Al+3].[Al+3].[Al+3].[Al+3].[Al+3].[Al+3].[Al+3].[Al+3].[Al+3].[Al+3].[Al+3].[Al+3].[Al+3].[Al+3].[Al+3].[Al+3]. The topological polar surface area (TPSA) is 1480 Å². The van der Waals surface area contributed by atoms with Crippen LogP contribution in [-0.2, 0) is 0 Å². The summed E-state index contributed by atoms with van der Waals surface area (Å²) in [7, 11) is 0. The molecule has 0 aliphatic rings. The summed E-state index contributed by atoms with van der Waals surface area (Å²) in [5.74, 6) is 0. The van der Waals surface area contributed by atoms with Gasteiger partial charge in [0.2, 0.25) is 0 Å². The smallest absolute Gasteiger partial charge is 0.412 e. The number of hydrogen-bond donors (Lipinski definition) is 0. The molecule has 0 aliphatic carbocycles. The molecule has 0 aliphatic heterocycles. The maximum absolute atomic E-state index is 0. The van der Waals surface area contributed by atoms with Gasteiger partial charge in [0, 0.05) is 0 Å². The van der Waals surface area contributed by atoms with Crippen LogP contribution in [0.1, 0.15) is 0 Å². The summed E-state index contributed by atoms with van der Waals surface area (Å²) in [5, 5.41) is 0. The zero-order chi connectivity index (χ0) is 0. The maximum atomic E-state index is 0. The zero-order valence-corrected chi connectivity index (χ0v) is 65.1. The van der Waals surface area contributed by atoms with Gasteiger partial charge in [0.1, 0.15) is 0 Å². The van der Waals surface area contributed by atoms with Gasteiger partial charge in [-0.15, -0.1) is 0 Å². The summed E-state index contributed by atoms with van der Waals surface area (Å²) in [6.07, 6.45) is 0. The van der Waals surface area contributed by atoms with Crippen LogP contribution in [0.25, 0.3) is 0 Å². The monoisotopic (exact) mass is 1490 g/mol. The van der Waals surface area contributed by atoms with Gasteiger partial charge in [-0.05, 0) is 0 Å². The molecule has 0 saturated carbocycles. The molecule has 71 heavy (non-hydrogen) atoms. The number of hydrogen-bond acceptors (Lipinski definition) is 0. The third kappa shape index (κ3) is 4240. The molecule has 47 nitrogen and oxygen atoms in total. The van der Waals surface area contributed by atoms with Crippen LogP contribution in [0.3, 0.4) is 0 Å². The second kappa shape index (κ2) is 4350. The van der Waals surface area contributed by atoms with Crippen LogP contribution in [0.15, 0.2) is 0 Å². The van der Waals surface area contributed by atoms with Crippen LogP contribution in [0, 0.1) is 0 Å². The quantitative estimate of drug-likeness (QED) is 0.204. The summed E-state index contributed by atoms with van der Waals surface area (Å²) in [4.78, 5) is 0. The molecule has 0 spiro atoms. The van der Waals surface area contributed by atoms with Crippen molar-refractivity contribution in [2.45, 2.75) is 0 Å². The third-order valence-electron chi connectivity index (χ3n) is 0. The molecule has 0 bridgehead atoms. The maximum Gasteiger partial charge on any atom is 3.00 e. The Labute approximate surface area is 664 Å². The Morgan fingerprint density at radius 2 is 0.0282 bits per heavy atom. The predicted molar refractivity (Wildman–Crippen MR) is 308 cm³/mol. The van der Waals surface area contributed by atoms with Crippen molar-refractivity contribution in [3.63, 3.8) is 0 Å². The Bertz CT molecular complexity index is 65.5. The molecule has 71 heteroatoms. The van der Waals surface area contributed by atoms with Crippen molar-refractivity contribution in [1.29, 1.82) is 0 Å². The van der Waals surface area contributed by atoms with Gasteiger partial charge in [-0.1, -0.05) is 0 Å². The predicted octanol–water partition coefficient (Wildman–Crippen LogP) is -47.9. The molecule has 94 N–H and O–H groups in total. The van der Waals surface area contributed by atoms with Crippen LogP contribution in [0.5, 0.6) is 0 Å². The van der Waals surface area contributed by atoms with Gasteiger partial charge >= 0.3 is 417 Å². The van der Waals surface area contributed by atoms with Crippen LogP contribution < -0.4 is 0 Å². The summed E-state index contributed by atoms with van der Waals surface area (Å²) < 4.78 is 0. The first kappa shape index (κ1) is 4510. The van der Waals surface area contributed by atoms with E-state index < -0.39 is 0 Å². The molecule has 0 heterocycles. The first-order valence-corrected chi connectivity index (χ1v) is 0. The minimum Gasteiger partial charge on any atom is -0.412 e. The molecule has 0 aromatic carbocycles. The number of rotatable bonds is 0. The molecule has 0 fully saturated rings.